The summed E-state index contributed by atoms with van der Waals surface area (Å²) in [5, 5.41) is 3.68. The molecule has 0 aliphatic carbocycles. The van der Waals surface area contributed by atoms with E-state index in [1.54, 1.807) is 0 Å². The topological polar surface area (TPSA) is 25.2 Å². The molecule has 0 amide bonds. The Morgan fingerprint density at radius 1 is 1.06 bits per heavy atom. The third-order valence-corrected chi connectivity index (χ3v) is 3.47. The summed E-state index contributed by atoms with van der Waals surface area (Å²) in [5.41, 5.74) is 0. The van der Waals surface area contributed by atoms with Gasteiger partial charge in [-0.1, -0.05) is 33.6 Å². The van der Waals surface area contributed by atoms with Gasteiger partial charge < -0.3 is 9.73 Å². The van der Waals surface area contributed by atoms with Gasteiger partial charge in [-0.05, 0) is 50.8 Å². The van der Waals surface area contributed by atoms with Crippen molar-refractivity contribution in [2.24, 2.45) is 5.92 Å². The molecule has 0 bridgehead atoms. The predicted molar refractivity (Wildman–Crippen MR) is 77.8 cm³/mol. The summed E-state index contributed by atoms with van der Waals surface area (Å²) in [6.07, 6.45) is 6.20. The van der Waals surface area contributed by atoms with Crippen molar-refractivity contribution in [3.8, 4) is 0 Å². The summed E-state index contributed by atoms with van der Waals surface area (Å²) in [5.74, 6) is 2.82. The van der Waals surface area contributed by atoms with Gasteiger partial charge in [0, 0.05) is 0 Å². The first-order valence-corrected chi connectivity index (χ1v) is 7.52. The van der Waals surface area contributed by atoms with Crippen LogP contribution in [-0.4, -0.2) is 6.54 Å². The molecule has 1 N–H and O–H groups in total. The van der Waals surface area contributed by atoms with E-state index in [0.717, 1.165) is 18.1 Å². The quantitative estimate of drug-likeness (QED) is 0.679. The highest BCUT2D eigenvalue weighted by molar-refractivity contribution is 5.11. The van der Waals surface area contributed by atoms with Gasteiger partial charge in [0.05, 0.1) is 6.04 Å². The second kappa shape index (κ2) is 8.36. The Hall–Kier alpha value is -0.760. The van der Waals surface area contributed by atoms with Gasteiger partial charge in [-0.15, -0.1) is 0 Å². The molecular weight excluding hydrogens is 222 g/mol. The maximum absolute atomic E-state index is 5.85. The Morgan fingerprint density at radius 3 is 2.17 bits per heavy atom. The third kappa shape index (κ3) is 4.49. The van der Waals surface area contributed by atoms with Crippen LogP contribution in [0.2, 0.25) is 0 Å². The lowest BCUT2D eigenvalue weighted by Gasteiger charge is -2.26. The first kappa shape index (κ1) is 15.3. The molecule has 2 heteroatoms. The fourth-order valence-electron chi connectivity index (χ4n) is 2.64. The fourth-order valence-corrected chi connectivity index (χ4v) is 2.64. The molecular formula is C16H29NO. The molecule has 0 saturated heterocycles. The third-order valence-electron chi connectivity index (χ3n) is 3.47. The smallest absolute Gasteiger partial charge is 0.121 e. The van der Waals surface area contributed by atoms with Crippen LogP contribution in [0.4, 0.5) is 0 Å². The number of hydrogen-bond donors (Lipinski definition) is 1. The number of aryl methyl sites for hydroxylation is 1. The summed E-state index contributed by atoms with van der Waals surface area (Å²) >= 11 is 0. The number of nitrogens with one attached hydrogen (secondary N) is 1. The molecule has 1 atom stereocenters. The molecule has 1 unspecified atom stereocenters. The minimum Gasteiger partial charge on any atom is -0.465 e. The Kier molecular flexibility index (Phi) is 7.11. The zero-order chi connectivity index (χ0) is 13.4. The first-order chi connectivity index (χ1) is 8.72. The predicted octanol–water partition coefficient (Wildman–Crippen LogP) is 4.85. The second-order valence-corrected chi connectivity index (χ2v) is 5.22. The molecule has 1 aromatic heterocycles. The summed E-state index contributed by atoms with van der Waals surface area (Å²) < 4.78 is 5.85. The zero-order valence-corrected chi connectivity index (χ0v) is 12.5. The highest BCUT2D eigenvalue weighted by atomic mass is 16.3. The van der Waals surface area contributed by atoms with Gasteiger partial charge >= 0.3 is 0 Å². The van der Waals surface area contributed by atoms with E-state index in [1.165, 1.54) is 32.1 Å². The SMILES string of the molecule is CCCNC(c1ccc(C)o1)C(CCC)CCC. The second-order valence-electron chi connectivity index (χ2n) is 5.22. The van der Waals surface area contributed by atoms with Crippen molar-refractivity contribution in [2.75, 3.05) is 6.54 Å². The monoisotopic (exact) mass is 251 g/mol. The van der Waals surface area contributed by atoms with Crippen LogP contribution in [0.15, 0.2) is 16.5 Å². The van der Waals surface area contributed by atoms with Gasteiger partial charge in [-0.25, -0.2) is 0 Å². The minimum absolute atomic E-state index is 0.388. The van der Waals surface area contributed by atoms with Gasteiger partial charge in [-0.2, -0.15) is 0 Å². The molecule has 104 valence electrons. The molecule has 1 aromatic rings. The van der Waals surface area contributed by atoms with Crippen molar-refractivity contribution in [2.45, 2.75) is 65.8 Å². The van der Waals surface area contributed by atoms with Crippen molar-refractivity contribution >= 4 is 0 Å². The average Bonchev–Trinajstić information content (AvgIpc) is 2.77. The van der Waals surface area contributed by atoms with Crippen LogP contribution in [0.3, 0.4) is 0 Å². The van der Waals surface area contributed by atoms with Crippen LogP contribution in [0.1, 0.15) is 70.4 Å². The van der Waals surface area contributed by atoms with Gasteiger partial charge in [0.2, 0.25) is 0 Å². The molecule has 18 heavy (non-hydrogen) atoms. The van der Waals surface area contributed by atoms with Gasteiger partial charge in [-0.3, -0.25) is 0 Å². The van der Waals surface area contributed by atoms with Crippen molar-refractivity contribution in [1.29, 1.82) is 0 Å². The first-order valence-electron chi connectivity index (χ1n) is 7.52. The lowest BCUT2D eigenvalue weighted by Crippen LogP contribution is -2.28. The largest absolute Gasteiger partial charge is 0.465 e. The van der Waals surface area contributed by atoms with Crippen LogP contribution in [0.5, 0.6) is 0 Å². The lowest BCUT2D eigenvalue weighted by atomic mass is 9.89. The van der Waals surface area contributed by atoms with E-state index >= 15 is 0 Å². The fraction of sp³-hybridized carbons (Fsp3) is 0.750. The van der Waals surface area contributed by atoms with E-state index < -0.39 is 0 Å². The maximum Gasteiger partial charge on any atom is 0.121 e. The van der Waals surface area contributed by atoms with Crippen molar-refractivity contribution < 1.29 is 4.42 Å². The van der Waals surface area contributed by atoms with E-state index in [0.29, 0.717) is 12.0 Å². The van der Waals surface area contributed by atoms with E-state index in [4.69, 9.17) is 4.42 Å². The highest BCUT2D eigenvalue weighted by Gasteiger charge is 2.23. The van der Waals surface area contributed by atoms with Crippen LogP contribution in [-0.2, 0) is 0 Å². The number of rotatable bonds is 9. The molecule has 0 aliphatic rings. The standard InChI is InChI=1S/C16H29NO/c1-5-8-14(9-6-2)16(17-12-7-3)15-11-10-13(4)18-15/h10-11,14,16-17H,5-9,12H2,1-4H3. The zero-order valence-electron chi connectivity index (χ0n) is 12.5. The molecule has 1 rings (SSSR count). The molecule has 0 fully saturated rings. The van der Waals surface area contributed by atoms with E-state index in [-0.39, 0.29) is 0 Å². The van der Waals surface area contributed by atoms with Crippen LogP contribution < -0.4 is 5.32 Å². The van der Waals surface area contributed by atoms with Crippen molar-refractivity contribution in [3.05, 3.63) is 23.7 Å². The Morgan fingerprint density at radius 2 is 1.72 bits per heavy atom. The summed E-state index contributed by atoms with van der Waals surface area (Å²) in [6, 6.07) is 4.60. The van der Waals surface area contributed by atoms with E-state index in [1.807, 2.05) is 6.92 Å². The van der Waals surface area contributed by atoms with E-state index in [2.05, 4.69) is 38.2 Å². The molecule has 0 aliphatic heterocycles. The summed E-state index contributed by atoms with van der Waals surface area (Å²) in [7, 11) is 0. The van der Waals surface area contributed by atoms with Crippen LogP contribution in [0, 0.1) is 12.8 Å². The molecule has 1 heterocycles. The van der Waals surface area contributed by atoms with Crippen molar-refractivity contribution in [1.82, 2.24) is 5.32 Å². The molecule has 0 radical (unpaired) electrons. The van der Waals surface area contributed by atoms with Crippen LogP contribution >= 0.6 is 0 Å². The number of hydrogen-bond acceptors (Lipinski definition) is 2. The Balaban J connectivity index is 2.80. The maximum atomic E-state index is 5.85. The van der Waals surface area contributed by atoms with Crippen LogP contribution in [0.25, 0.3) is 0 Å². The molecule has 0 spiro atoms. The minimum atomic E-state index is 0.388. The Labute approximate surface area is 112 Å². The number of furan rings is 1. The average molecular weight is 251 g/mol. The van der Waals surface area contributed by atoms with Gasteiger partial charge in [0.25, 0.3) is 0 Å². The van der Waals surface area contributed by atoms with Crippen molar-refractivity contribution in [3.63, 3.8) is 0 Å². The highest BCUT2D eigenvalue weighted by Crippen LogP contribution is 2.30. The normalized spacial score (nSPS) is 13.2. The van der Waals surface area contributed by atoms with Gasteiger partial charge in [0.1, 0.15) is 11.5 Å². The summed E-state index contributed by atoms with van der Waals surface area (Å²) in [6.45, 7) is 9.84. The van der Waals surface area contributed by atoms with E-state index in [9.17, 15) is 0 Å². The molecule has 0 saturated carbocycles. The molecule has 2 nitrogen and oxygen atoms in total. The summed E-state index contributed by atoms with van der Waals surface area (Å²) in [4.78, 5) is 0. The lowest BCUT2D eigenvalue weighted by molar-refractivity contribution is 0.274. The van der Waals surface area contributed by atoms with Gasteiger partial charge in [0.15, 0.2) is 0 Å². The Bertz CT molecular complexity index is 313. The molecule has 0 aromatic carbocycles.